The van der Waals surface area contributed by atoms with E-state index in [9.17, 15) is 4.79 Å². The molecule has 3 aromatic rings. The second-order valence-electron chi connectivity index (χ2n) is 7.52. The van der Waals surface area contributed by atoms with E-state index in [1.807, 2.05) is 43.3 Å². The van der Waals surface area contributed by atoms with Crippen LogP contribution in [0.3, 0.4) is 0 Å². The maximum atomic E-state index is 13.2. The standard InChI is InChI=1S/C23H27N5O2S/c1-24-9-8-20(21-7-4-12-31-21)30-15-17-5-3-6-18(13-17)28-11-10-27(2)22-19(23(28)29)14-25-16-26-22/h3-7,12-14,16,20,24H,8-11,15H2,1-2H3. The van der Waals surface area contributed by atoms with E-state index in [4.69, 9.17) is 4.74 Å². The van der Waals surface area contributed by atoms with Crippen LogP contribution in [-0.2, 0) is 11.3 Å². The van der Waals surface area contributed by atoms with Crippen molar-refractivity contribution in [1.29, 1.82) is 0 Å². The fraction of sp³-hybridized carbons (Fsp3) is 0.348. The summed E-state index contributed by atoms with van der Waals surface area (Å²) in [5, 5.41) is 5.28. The molecule has 1 amide bonds. The molecule has 1 N–H and O–H groups in total. The van der Waals surface area contributed by atoms with E-state index in [0.29, 0.717) is 31.1 Å². The number of aromatic nitrogens is 2. The highest BCUT2D eigenvalue weighted by molar-refractivity contribution is 7.10. The normalized spacial score (nSPS) is 15.0. The zero-order valence-corrected chi connectivity index (χ0v) is 18.6. The molecule has 0 aliphatic carbocycles. The van der Waals surface area contributed by atoms with Gasteiger partial charge in [-0.15, -0.1) is 11.3 Å². The van der Waals surface area contributed by atoms with E-state index in [0.717, 1.165) is 24.2 Å². The fourth-order valence-corrected chi connectivity index (χ4v) is 4.51. The number of nitrogens with one attached hydrogen (secondary N) is 1. The van der Waals surface area contributed by atoms with Gasteiger partial charge in [0, 0.05) is 36.9 Å². The number of amides is 1. The van der Waals surface area contributed by atoms with Gasteiger partial charge in [-0.05, 0) is 49.2 Å². The molecule has 0 fully saturated rings. The number of hydrogen-bond acceptors (Lipinski definition) is 7. The summed E-state index contributed by atoms with van der Waals surface area (Å²) in [5.41, 5.74) is 2.42. The molecular formula is C23H27N5O2S. The van der Waals surface area contributed by atoms with Crippen molar-refractivity contribution in [2.24, 2.45) is 0 Å². The van der Waals surface area contributed by atoms with Crippen molar-refractivity contribution in [3.8, 4) is 0 Å². The summed E-state index contributed by atoms with van der Waals surface area (Å²) in [6, 6.07) is 12.2. The Labute approximate surface area is 186 Å². The summed E-state index contributed by atoms with van der Waals surface area (Å²) in [4.78, 5) is 26.6. The highest BCUT2D eigenvalue weighted by Gasteiger charge is 2.27. The third kappa shape index (κ3) is 4.92. The third-order valence-electron chi connectivity index (χ3n) is 5.38. The SMILES string of the molecule is CNCCC(OCc1cccc(N2CCN(C)c3ncncc3C2=O)c1)c1cccs1. The Bertz CT molecular complexity index is 1010. The lowest BCUT2D eigenvalue weighted by Crippen LogP contribution is -2.33. The molecule has 4 rings (SSSR count). The number of benzene rings is 1. The summed E-state index contributed by atoms with van der Waals surface area (Å²) >= 11 is 1.72. The van der Waals surface area contributed by atoms with Gasteiger partial charge in [0.1, 0.15) is 17.7 Å². The van der Waals surface area contributed by atoms with E-state index in [1.54, 1.807) is 22.4 Å². The van der Waals surface area contributed by atoms with Gasteiger partial charge in [0.25, 0.3) is 5.91 Å². The van der Waals surface area contributed by atoms with E-state index in [2.05, 4.69) is 32.8 Å². The van der Waals surface area contributed by atoms with Crippen molar-refractivity contribution in [2.45, 2.75) is 19.1 Å². The Kier molecular flexibility index (Phi) is 6.91. The van der Waals surface area contributed by atoms with Crippen molar-refractivity contribution < 1.29 is 9.53 Å². The van der Waals surface area contributed by atoms with Crippen LogP contribution in [0.25, 0.3) is 0 Å². The minimum atomic E-state index is -0.0801. The number of fused-ring (bicyclic) bond motifs is 1. The van der Waals surface area contributed by atoms with Crippen molar-refractivity contribution in [1.82, 2.24) is 15.3 Å². The predicted octanol–water partition coefficient (Wildman–Crippen LogP) is 3.50. The topological polar surface area (TPSA) is 70.6 Å². The molecular weight excluding hydrogens is 410 g/mol. The Morgan fingerprint density at radius 3 is 2.97 bits per heavy atom. The number of nitrogens with zero attached hydrogens (tertiary/aromatic N) is 4. The van der Waals surface area contributed by atoms with Crippen LogP contribution in [0.1, 0.15) is 33.3 Å². The molecule has 0 spiro atoms. The van der Waals surface area contributed by atoms with E-state index < -0.39 is 0 Å². The van der Waals surface area contributed by atoms with E-state index in [-0.39, 0.29) is 12.0 Å². The molecule has 1 aromatic carbocycles. The van der Waals surface area contributed by atoms with E-state index >= 15 is 0 Å². The Balaban J connectivity index is 1.51. The summed E-state index contributed by atoms with van der Waals surface area (Å²) in [6.07, 6.45) is 4.03. The van der Waals surface area contributed by atoms with Crippen LogP contribution in [0.4, 0.5) is 11.5 Å². The monoisotopic (exact) mass is 437 g/mol. The Morgan fingerprint density at radius 1 is 1.26 bits per heavy atom. The van der Waals surface area contributed by atoms with Gasteiger partial charge in [0.05, 0.1) is 12.7 Å². The smallest absolute Gasteiger partial charge is 0.263 e. The Hall–Kier alpha value is -2.81. The van der Waals surface area contributed by atoms with Crippen LogP contribution >= 0.6 is 11.3 Å². The lowest BCUT2D eigenvalue weighted by molar-refractivity contribution is 0.0367. The highest BCUT2D eigenvalue weighted by atomic mass is 32.1. The first-order chi connectivity index (χ1) is 15.2. The van der Waals surface area contributed by atoms with Crippen LogP contribution in [0.15, 0.2) is 54.3 Å². The van der Waals surface area contributed by atoms with E-state index in [1.165, 1.54) is 11.2 Å². The second-order valence-corrected chi connectivity index (χ2v) is 8.49. The highest BCUT2D eigenvalue weighted by Crippen LogP contribution is 2.28. The Morgan fingerprint density at radius 2 is 2.16 bits per heavy atom. The predicted molar refractivity (Wildman–Crippen MR) is 124 cm³/mol. The minimum absolute atomic E-state index is 0.0496. The van der Waals surface area contributed by atoms with Gasteiger partial charge in [0.2, 0.25) is 0 Å². The number of ether oxygens (including phenoxy) is 1. The molecule has 2 aromatic heterocycles. The van der Waals surface area contributed by atoms with Crippen LogP contribution in [0.2, 0.25) is 0 Å². The number of thiophene rings is 1. The van der Waals surface area contributed by atoms with Gasteiger partial charge < -0.3 is 19.9 Å². The summed E-state index contributed by atoms with van der Waals surface area (Å²) in [6.45, 7) is 2.65. The number of rotatable bonds is 8. The average Bonchev–Trinajstić information content (AvgIpc) is 3.30. The number of carbonyl (C=O) groups is 1. The van der Waals surface area contributed by atoms with Crippen molar-refractivity contribution in [2.75, 3.05) is 43.5 Å². The molecule has 3 heterocycles. The van der Waals surface area contributed by atoms with Crippen LogP contribution in [-0.4, -0.2) is 49.6 Å². The molecule has 162 valence electrons. The van der Waals surface area contributed by atoms with Crippen LogP contribution in [0.5, 0.6) is 0 Å². The van der Waals surface area contributed by atoms with Crippen molar-refractivity contribution in [3.63, 3.8) is 0 Å². The van der Waals surface area contributed by atoms with Crippen molar-refractivity contribution in [3.05, 3.63) is 70.3 Å². The van der Waals surface area contributed by atoms with Gasteiger partial charge in [-0.1, -0.05) is 18.2 Å². The molecule has 0 saturated heterocycles. The molecule has 0 radical (unpaired) electrons. The molecule has 7 nitrogen and oxygen atoms in total. The van der Waals surface area contributed by atoms with Gasteiger partial charge in [-0.3, -0.25) is 4.79 Å². The number of hydrogen-bond donors (Lipinski definition) is 1. The summed E-state index contributed by atoms with van der Waals surface area (Å²) in [5.74, 6) is 0.591. The molecule has 1 unspecified atom stereocenters. The van der Waals surface area contributed by atoms with Crippen LogP contribution in [0, 0.1) is 0 Å². The lowest BCUT2D eigenvalue weighted by atomic mass is 10.1. The van der Waals surface area contributed by atoms with Crippen LogP contribution < -0.4 is 15.1 Å². The number of likely N-dealkylation sites (N-methyl/N-ethyl adjacent to an activating group) is 1. The molecule has 1 atom stereocenters. The maximum Gasteiger partial charge on any atom is 0.263 e. The van der Waals surface area contributed by atoms with Gasteiger partial charge in [0.15, 0.2) is 0 Å². The summed E-state index contributed by atoms with van der Waals surface area (Å²) < 4.78 is 6.28. The van der Waals surface area contributed by atoms with Gasteiger partial charge in [-0.25, -0.2) is 9.97 Å². The average molecular weight is 438 g/mol. The second kappa shape index (κ2) is 10.00. The number of anilines is 2. The third-order valence-corrected chi connectivity index (χ3v) is 6.34. The molecule has 0 bridgehead atoms. The maximum absolute atomic E-state index is 13.2. The zero-order valence-electron chi connectivity index (χ0n) is 17.8. The van der Waals surface area contributed by atoms with Crippen molar-refractivity contribution >= 4 is 28.7 Å². The molecule has 1 aliphatic heterocycles. The fourth-order valence-electron chi connectivity index (χ4n) is 3.70. The minimum Gasteiger partial charge on any atom is -0.368 e. The summed E-state index contributed by atoms with van der Waals surface area (Å²) in [7, 11) is 3.90. The molecule has 0 saturated carbocycles. The van der Waals surface area contributed by atoms with Gasteiger partial charge >= 0.3 is 0 Å². The molecule has 31 heavy (non-hydrogen) atoms. The molecule has 1 aliphatic rings. The first-order valence-electron chi connectivity index (χ1n) is 10.4. The lowest BCUT2D eigenvalue weighted by Gasteiger charge is -2.22. The quantitative estimate of drug-likeness (QED) is 0.582. The zero-order chi connectivity index (χ0) is 21.6. The first-order valence-corrected chi connectivity index (χ1v) is 11.3. The number of carbonyl (C=O) groups excluding carboxylic acids is 1. The first kappa shape index (κ1) is 21.4. The van der Waals surface area contributed by atoms with Gasteiger partial charge in [-0.2, -0.15) is 0 Å². The molecule has 8 heteroatoms. The largest absolute Gasteiger partial charge is 0.368 e.